The summed E-state index contributed by atoms with van der Waals surface area (Å²) in [6, 6.07) is 1.74. The van der Waals surface area contributed by atoms with Gasteiger partial charge in [0.05, 0.1) is 12.2 Å². The fourth-order valence-electron chi connectivity index (χ4n) is 3.21. The van der Waals surface area contributed by atoms with Gasteiger partial charge in [-0.3, -0.25) is 9.59 Å². The van der Waals surface area contributed by atoms with Gasteiger partial charge < -0.3 is 24.3 Å². The minimum Gasteiger partial charge on any atom is -0.466 e. The van der Waals surface area contributed by atoms with Gasteiger partial charge in [-0.1, -0.05) is 0 Å². The molecule has 1 N–H and O–H groups in total. The van der Waals surface area contributed by atoms with Crippen LogP contribution in [0.3, 0.4) is 0 Å². The van der Waals surface area contributed by atoms with Crippen LogP contribution in [-0.4, -0.2) is 74.6 Å². The first-order valence-electron chi connectivity index (χ1n) is 9.35. The van der Waals surface area contributed by atoms with E-state index in [9.17, 15) is 9.59 Å². The Kier molecular flexibility index (Phi) is 8.12. The highest BCUT2D eigenvalue weighted by molar-refractivity contribution is 5.95. The summed E-state index contributed by atoms with van der Waals surface area (Å²) in [4.78, 5) is 28.9. The van der Waals surface area contributed by atoms with Crippen LogP contribution >= 0.6 is 0 Å². The number of ether oxygens (including phenoxy) is 1. The van der Waals surface area contributed by atoms with Gasteiger partial charge in [-0.25, -0.2) is 0 Å². The topological polar surface area (TPSA) is 75.0 Å². The summed E-state index contributed by atoms with van der Waals surface area (Å²) in [5.74, 6) is 1.16. The Bertz CT molecular complexity index is 594. The summed E-state index contributed by atoms with van der Waals surface area (Å²) >= 11 is 0. The fourth-order valence-corrected chi connectivity index (χ4v) is 3.21. The van der Waals surface area contributed by atoms with E-state index in [1.54, 1.807) is 25.0 Å². The zero-order valence-electron chi connectivity index (χ0n) is 16.2. The van der Waals surface area contributed by atoms with Crippen LogP contribution in [0.15, 0.2) is 10.5 Å². The molecule has 0 unspecified atom stereocenters. The van der Waals surface area contributed by atoms with Crippen molar-refractivity contribution in [1.82, 2.24) is 15.1 Å². The molecule has 26 heavy (non-hydrogen) atoms. The van der Waals surface area contributed by atoms with Gasteiger partial charge in [0, 0.05) is 39.7 Å². The van der Waals surface area contributed by atoms with Crippen molar-refractivity contribution in [2.75, 3.05) is 53.0 Å². The first-order chi connectivity index (χ1) is 12.5. The van der Waals surface area contributed by atoms with Crippen LogP contribution < -0.4 is 5.32 Å². The number of hydrogen-bond donors (Lipinski definition) is 1. The summed E-state index contributed by atoms with van der Waals surface area (Å²) in [6.45, 7) is 8.63. The maximum atomic E-state index is 12.8. The van der Waals surface area contributed by atoms with E-state index in [4.69, 9.17) is 9.15 Å². The summed E-state index contributed by atoms with van der Waals surface area (Å²) in [6.07, 6.45) is 2.78. The standard InChI is InChI=1S/C19H31N3O4/c1-15-14-17(16(2)26-15)19(24)22(12-13-25-3)10-6-18(23)20-7-11-21-8-4-5-9-21/h14H,4-13H2,1-3H3,(H,20,23). The fraction of sp³-hybridized carbons (Fsp3) is 0.684. The number of aryl methyl sites for hydroxylation is 2. The highest BCUT2D eigenvalue weighted by Gasteiger charge is 2.21. The molecule has 0 aromatic carbocycles. The lowest BCUT2D eigenvalue weighted by atomic mass is 10.2. The molecule has 146 valence electrons. The number of carbonyl (C=O) groups is 2. The van der Waals surface area contributed by atoms with Crippen molar-refractivity contribution in [2.24, 2.45) is 0 Å². The van der Waals surface area contributed by atoms with E-state index in [1.807, 2.05) is 6.92 Å². The van der Waals surface area contributed by atoms with Crippen LogP contribution in [0, 0.1) is 13.8 Å². The maximum absolute atomic E-state index is 12.8. The molecule has 1 saturated heterocycles. The Labute approximate surface area is 155 Å². The molecule has 7 nitrogen and oxygen atoms in total. The molecule has 0 bridgehead atoms. The van der Waals surface area contributed by atoms with E-state index in [0.29, 0.717) is 43.3 Å². The van der Waals surface area contributed by atoms with Crippen molar-refractivity contribution in [3.05, 3.63) is 23.2 Å². The minimum atomic E-state index is -0.124. The van der Waals surface area contributed by atoms with Crippen molar-refractivity contribution >= 4 is 11.8 Å². The number of rotatable bonds is 10. The van der Waals surface area contributed by atoms with E-state index in [2.05, 4.69) is 10.2 Å². The van der Waals surface area contributed by atoms with E-state index in [0.717, 1.165) is 19.6 Å². The van der Waals surface area contributed by atoms with Gasteiger partial charge in [-0.05, 0) is 45.8 Å². The summed E-state index contributed by atoms with van der Waals surface area (Å²) < 4.78 is 10.6. The molecule has 0 atom stereocenters. The monoisotopic (exact) mass is 365 g/mol. The molecule has 1 aliphatic heterocycles. The molecule has 2 heterocycles. The van der Waals surface area contributed by atoms with Gasteiger partial charge >= 0.3 is 0 Å². The summed E-state index contributed by atoms with van der Waals surface area (Å²) in [7, 11) is 1.60. The first-order valence-corrected chi connectivity index (χ1v) is 9.35. The summed E-state index contributed by atoms with van der Waals surface area (Å²) in [5.41, 5.74) is 0.549. The number of hydrogen-bond acceptors (Lipinski definition) is 5. The average molecular weight is 365 g/mol. The van der Waals surface area contributed by atoms with Crippen molar-refractivity contribution in [3.8, 4) is 0 Å². The summed E-state index contributed by atoms with van der Waals surface area (Å²) in [5, 5.41) is 2.95. The van der Waals surface area contributed by atoms with E-state index in [1.165, 1.54) is 12.8 Å². The van der Waals surface area contributed by atoms with Gasteiger partial charge in [-0.2, -0.15) is 0 Å². The molecule has 1 aromatic heterocycles. The van der Waals surface area contributed by atoms with E-state index in [-0.39, 0.29) is 18.2 Å². The normalized spacial score (nSPS) is 14.6. The van der Waals surface area contributed by atoms with Crippen molar-refractivity contribution in [3.63, 3.8) is 0 Å². The van der Waals surface area contributed by atoms with Gasteiger partial charge in [0.15, 0.2) is 0 Å². The maximum Gasteiger partial charge on any atom is 0.257 e. The number of carbonyl (C=O) groups excluding carboxylic acids is 2. The van der Waals surface area contributed by atoms with Gasteiger partial charge in [-0.15, -0.1) is 0 Å². The number of methoxy groups -OCH3 is 1. The second-order valence-corrected chi connectivity index (χ2v) is 6.76. The quantitative estimate of drug-likeness (QED) is 0.681. The molecule has 1 aliphatic rings. The Morgan fingerprint density at radius 3 is 2.62 bits per heavy atom. The lowest BCUT2D eigenvalue weighted by molar-refractivity contribution is -0.121. The predicted octanol–water partition coefficient (Wildman–Crippen LogP) is 1.59. The largest absolute Gasteiger partial charge is 0.466 e. The Balaban J connectivity index is 1.81. The Morgan fingerprint density at radius 1 is 1.27 bits per heavy atom. The highest BCUT2D eigenvalue weighted by atomic mass is 16.5. The van der Waals surface area contributed by atoms with Crippen LogP contribution in [0.25, 0.3) is 0 Å². The Hall–Kier alpha value is -1.86. The number of amides is 2. The predicted molar refractivity (Wildman–Crippen MR) is 99.3 cm³/mol. The lowest BCUT2D eigenvalue weighted by Crippen LogP contribution is -2.39. The number of furan rings is 1. The molecule has 0 saturated carbocycles. The third kappa shape index (κ3) is 6.14. The van der Waals surface area contributed by atoms with E-state index >= 15 is 0 Å². The van der Waals surface area contributed by atoms with Gasteiger partial charge in [0.2, 0.25) is 5.91 Å². The first kappa shape index (κ1) is 20.5. The third-order valence-electron chi connectivity index (χ3n) is 4.68. The molecular weight excluding hydrogens is 334 g/mol. The molecule has 2 rings (SSSR count). The second-order valence-electron chi connectivity index (χ2n) is 6.76. The van der Waals surface area contributed by atoms with Crippen LogP contribution in [0.1, 0.15) is 41.1 Å². The average Bonchev–Trinajstić information content (AvgIpc) is 3.23. The molecule has 0 spiro atoms. The molecule has 1 fully saturated rings. The zero-order valence-corrected chi connectivity index (χ0v) is 16.2. The third-order valence-corrected chi connectivity index (χ3v) is 4.68. The van der Waals surface area contributed by atoms with Gasteiger partial charge in [0.25, 0.3) is 5.91 Å². The molecule has 0 aliphatic carbocycles. The minimum absolute atomic E-state index is 0.0282. The van der Waals surface area contributed by atoms with E-state index < -0.39 is 0 Å². The molecule has 7 heteroatoms. The zero-order chi connectivity index (χ0) is 18.9. The lowest BCUT2D eigenvalue weighted by Gasteiger charge is -2.22. The van der Waals surface area contributed by atoms with Crippen LogP contribution in [-0.2, 0) is 9.53 Å². The van der Waals surface area contributed by atoms with Crippen LogP contribution in [0.4, 0.5) is 0 Å². The van der Waals surface area contributed by atoms with Crippen molar-refractivity contribution in [1.29, 1.82) is 0 Å². The number of nitrogens with zero attached hydrogens (tertiary/aromatic N) is 2. The molecule has 0 radical (unpaired) electrons. The number of likely N-dealkylation sites (tertiary alicyclic amines) is 1. The van der Waals surface area contributed by atoms with Crippen molar-refractivity contribution in [2.45, 2.75) is 33.1 Å². The van der Waals surface area contributed by atoms with Crippen molar-refractivity contribution < 1.29 is 18.7 Å². The smallest absolute Gasteiger partial charge is 0.257 e. The molecular formula is C19H31N3O4. The van der Waals surface area contributed by atoms with Gasteiger partial charge in [0.1, 0.15) is 11.5 Å². The number of nitrogens with one attached hydrogen (secondary N) is 1. The molecule has 2 amide bonds. The van der Waals surface area contributed by atoms with Crippen LogP contribution in [0.2, 0.25) is 0 Å². The highest BCUT2D eigenvalue weighted by Crippen LogP contribution is 2.16. The second kappa shape index (κ2) is 10.3. The van der Waals surface area contributed by atoms with Crippen LogP contribution in [0.5, 0.6) is 0 Å². The SMILES string of the molecule is COCCN(CCC(=O)NCCN1CCCC1)C(=O)c1cc(C)oc1C. The molecule has 1 aromatic rings. The Morgan fingerprint density at radius 2 is 2.00 bits per heavy atom.